The van der Waals surface area contributed by atoms with E-state index < -0.39 is 14.2 Å². The molecule has 2 saturated heterocycles. The van der Waals surface area contributed by atoms with Crippen molar-refractivity contribution in [3.63, 3.8) is 0 Å². The predicted octanol–water partition coefficient (Wildman–Crippen LogP) is 8.55. The van der Waals surface area contributed by atoms with Gasteiger partial charge in [0.25, 0.3) is 0 Å². The Morgan fingerprint density at radius 3 is 0.940 bits per heavy atom. The highest BCUT2D eigenvalue weighted by Gasteiger charge is 2.45. The number of hydrogen-bond donors (Lipinski definition) is 0. The minimum Gasteiger partial charge on any atom is -0.404 e. The van der Waals surface area contributed by atoms with E-state index in [0.29, 0.717) is 13.2 Å². The molecule has 50 heavy (non-hydrogen) atoms. The van der Waals surface area contributed by atoms with Crippen molar-refractivity contribution in [1.29, 1.82) is 0 Å². The normalized spacial score (nSPS) is 17.8. The van der Waals surface area contributed by atoms with E-state index in [1.165, 1.54) is 43.8 Å². The highest BCUT2D eigenvalue weighted by molar-refractivity contribution is 6.69. The Labute approximate surface area is 291 Å². The average molecular weight is 646 g/mol. The molecular weight excluding hydrogens is 614 g/mol. The van der Waals surface area contributed by atoms with Gasteiger partial charge in [-0.05, 0) is 76.3 Å². The van der Waals surface area contributed by atoms with Crippen molar-refractivity contribution >= 4 is 68.3 Å². The van der Waals surface area contributed by atoms with Gasteiger partial charge in [0.2, 0.25) is 0 Å². The van der Waals surface area contributed by atoms with Crippen LogP contribution in [0.1, 0.15) is 0 Å². The fraction of sp³-hybridized carbons (Fsp3) is 0.0909. The molecular formula is C44H32B2O4. The fourth-order valence-corrected chi connectivity index (χ4v) is 8.20. The van der Waals surface area contributed by atoms with E-state index in [0.717, 1.165) is 32.5 Å². The first-order valence-corrected chi connectivity index (χ1v) is 17.3. The van der Waals surface area contributed by atoms with Gasteiger partial charge in [-0.3, -0.25) is 0 Å². The van der Waals surface area contributed by atoms with Gasteiger partial charge in [-0.1, -0.05) is 158 Å². The second kappa shape index (κ2) is 12.3. The summed E-state index contributed by atoms with van der Waals surface area (Å²) in [5, 5.41) is 9.26. The van der Waals surface area contributed by atoms with Crippen LogP contribution in [0.15, 0.2) is 158 Å². The molecule has 6 heteroatoms. The van der Waals surface area contributed by atoms with Gasteiger partial charge in [0.1, 0.15) is 0 Å². The third-order valence-corrected chi connectivity index (χ3v) is 10.4. The minimum absolute atomic E-state index is 0.280. The molecule has 2 atom stereocenters. The summed E-state index contributed by atoms with van der Waals surface area (Å²) >= 11 is 0. The molecule has 0 radical (unpaired) electrons. The lowest BCUT2D eigenvalue weighted by atomic mass is 9.71. The summed E-state index contributed by atoms with van der Waals surface area (Å²) in [5.74, 6) is 0. The Hall–Kier alpha value is -5.23. The van der Waals surface area contributed by atoms with Crippen molar-refractivity contribution in [2.75, 3.05) is 13.2 Å². The second-order valence-electron chi connectivity index (χ2n) is 13.2. The zero-order valence-electron chi connectivity index (χ0n) is 27.4. The van der Waals surface area contributed by atoms with Gasteiger partial charge in [-0.2, -0.15) is 0 Å². The molecule has 2 aliphatic heterocycles. The smallest absolute Gasteiger partial charge is 0.404 e. The molecule has 0 aromatic heterocycles. The van der Waals surface area contributed by atoms with Crippen molar-refractivity contribution < 1.29 is 18.6 Å². The Kier molecular flexibility index (Phi) is 7.28. The molecule has 0 aliphatic carbocycles. The zero-order valence-corrected chi connectivity index (χ0v) is 27.4. The average Bonchev–Trinajstić information content (AvgIpc) is 3.87. The van der Waals surface area contributed by atoms with E-state index >= 15 is 0 Å². The van der Waals surface area contributed by atoms with Crippen LogP contribution in [-0.4, -0.2) is 39.7 Å². The summed E-state index contributed by atoms with van der Waals surface area (Å²) in [6, 6.07) is 55.6. The molecule has 0 amide bonds. The van der Waals surface area contributed by atoms with Crippen LogP contribution in [0, 0.1) is 0 Å². The summed E-state index contributed by atoms with van der Waals surface area (Å²) in [4.78, 5) is 0. The van der Waals surface area contributed by atoms with Crippen molar-refractivity contribution in [3.05, 3.63) is 158 Å². The third kappa shape index (κ3) is 4.79. The number of rotatable bonds is 5. The molecule has 0 bridgehead atoms. The van der Waals surface area contributed by atoms with Crippen molar-refractivity contribution in [2.24, 2.45) is 0 Å². The van der Waals surface area contributed by atoms with Crippen LogP contribution < -0.4 is 10.9 Å². The second-order valence-corrected chi connectivity index (χ2v) is 13.2. The maximum absolute atomic E-state index is 6.80. The first-order valence-electron chi connectivity index (χ1n) is 17.3. The molecule has 8 aromatic carbocycles. The first kappa shape index (κ1) is 29.7. The van der Waals surface area contributed by atoms with Gasteiger partial charge in [-0.25, -0.2) is 0 Å². The van der Waals surface area contributed by atoms with E-state index in [1.807, 2.05) is 0 Å². The first-order chi connectivity index (χ1) is 24.8. The lowest BCUT2D eigenvalue weighted by molar-refractivity contribution is 0.0818. The maximum atomic E-state index is 6.80. The van der Waals surface area contributed by atoms with Crippen LogP contribution in [0.25, 0.3) is 65.3 Å². The van der Waals surface area contributed by atoms with Crippen molar-refractivity contribution in [3.8, 4) is 22.3 Å². The minimum atomic E-state index is -0.533. The van der Waals surface area contributed by atoms with Gasteiger partial charge in [-0.15, -0.1) is 0 Å². The Bertz CT molecular complexity index is 2250. The van der Waals surface area contributed by atoms with E-state index in [9.17, 15) is 0 Å². The summed E-state index contributed by atoms with van der Waals surface area (Å²) in [5.41, 5.74) is 6.95. The van der Waals surface area contributed by atoms with Gasteiger partial charge >= 0.3 is 14.2 Å². The van der Waals surface area contributed by atoms with E-state index in [-0.39, 0.29) is 12.2 Å². The van der Waals surface area contributed by atoms with Gasteiger partial charge in [0.15, 0.2) is 0 Å². The highest BCUT2D eigenvalue weighted by atomic mass is 16.7. The standard InChI is InChI=1S/C44H32B2O4/c1-3-15-29(16-4-1)41-31-19-7-11-23-35(31)43(36-24-12-8-20-32(36)41)45-47-27-39(49-45)40-28-48-46(50-40)44-37-25-13-9-21-33(37)42(30-17-5-2-6-18-30)34-22-10-14-26-38(34)44/h1-26,39-40H,27-28H2. The number of benzene rings is 8. The van der Waals surface area contributed by atoms with Crippen LogP contribution in [0.4, 0.5) is 0 Å². The Morgan fingerprint density at radius 2 is 0.620 bits per heavy atom. The van der Waals surface area contributed by atoms with Crippen LogP contribution in [0.3, 0.4) is 0 Å². The molecule has 2 fully saturated rings. The van der Waals surface area contributed by atoms with Crippen LogP contribution in [0.2, 0.25) is 0 Å². The topological polar surface area (TPSA) is 36.9 Å². The Balaban J connectivity index is 1.01. The maximum Gasteiger partial charge on any atom is 0.495 e. The molecule has 2 heterocycles. The fourth-order valence-electron chi connectivity index (χ4n) is 8.20. The van der Waals surface area contributed by atoms with E-state index in [4.69, 9.17) is 18.6 Å². The van der Waals surface area contributed by atoms with Crippen molar-refractivity contribution in [1.82, 2.24) is 0 Å². The number of hydrogen-bond acceptors (Lipinski definition) is 4. The summed E-state index contributed by atoms with van der Waals surface area (Å²) < 4.78 is 26.6. The monoisotopic (exact) mass is 646 g/mol. The summed E-state index contributed by atoms with van der Waals surface area (Å²) in [7, 11) is -1.07. The van der Waals surface area contributed by atoms with Gasteiger partial charge in [0.05, 0.1) is 25.4 Å². The summed E-state index contributed by atoms with van der Waals surface area (Å²) in [6.45, 7) is 0.839. The molecule has 0 N–H and O–H groups in total. The zero-order chi connectivity index (χ0) is 33.0. The third-order valence-electron chi connectivity index (χ3n) is 10.4. The molecule has 0 saturated carbocycles. The molecule has 4 nitrogen and oxygen atoms in total. The Morgan fingerprint density at radius 1 is 0.340 bits per heavy atom. The quantitative estimate of drug-likeness (QED) is 0.139. The van der Waals surface area contributed by atoms with Gasteiger partial charge in [0, 0.05) is 0 Å². The van der Waals surface area contributed by atoms with Crippen LogP contribution >= 0.6 is 0 Å². The van der Waals surface area contributed by atoms with E-state index in [2.05, 4.69) is 158 Å². The van der Waals surface area contributed by atoms with E-state index in [1.54, 1.807) is 0 Å². The number of fused-ring (bicyclic) bond motifs is 4. The largest absolute Gasteiger partial charge is 0.495 e. The molecule has 10 rings (SSSR count). The molecule has 238 valence electrons. The SMILES string of the molecule is c1ccc(-c2c3ccccc3c(B3OCC(C4COB(c5c6ccccc6c(-c6ccccc6)c6ccccc56)O4)O3)c3ccccc23)cc1. The molecule has 0 spiro atoms. The lowest BCUT2D eigenvalue weighted by Gasteiger charge is -2.20. The molecule has 2 aliphatic rings. The summed E-state index contributed by atoms with van der Waals surface area (Å²) in [6.07, 6.45) is -0.560. The molecule has 2 unspecified atom stereocenters. The molecule has 8 aromatic rings. The predicted molar refractivity (Wildman–Crippen MR) is 206 cm³/mol. The highest BCUT2D eigenvalue weighted by Crippen LogP contribution is 2.38. The van der Waals surface area contributed by atoms with Gasteiger partial charge < -0.3 is 18.6 Å². The van der Waals surface area contributed by atoms with Crippen LogP contribution in [-0.2, 0) is 18.6 Å². The lowest BCUT2D eigenvalue weighted by Crippen LogP contribution is -2.39. The van der Waals surface area contributed by atoms with Crippen molar-refractivity contribution in [2.45, 2.75) is 12.2 Å². The van der Waals surface area contributed by atoms with Crippen LogP contribution in [0.5, 0.6) is 0 Å².